The fourth-order valence-corrected chi connectivity index (χ4v) is 10.8. The Balaban J connectivity index is 2.12. The van der Waals surface area contributed by atoms with E-state index >= 15 is 0 Å². The van der Waals surface area contributed by atoms with Crippen molar-refractivity contribution >= 4 is 22.1 Å². The van der Waals surface area contributed by atoms with Crippen LogP contribution in [0.15, 0.2) is 30.3 Å². The third kappa shape index (κ3) is 8.96. The Morgan fingerprint density at radius 1 is 0.912 bits per heavy atom. The molecule has 1 aromatic heterocycles. The van der Waals surface area contributed by atoms with Crippen LogP contribution in [0.4, 0.5) is 0 Å². The van der Waals surface area contributed by atoms with Crippen LogP contribution in [-0.2, 0) is 17.9 Å². The zero-order valence-corrected chi connectivity index (χ0v) is 26.4. The SMILES string of the molecule is CCCCCCCCC(C(C)(C)C)C(C)(C)OCc1nnn(Cc2ccccc2)[c]1[Sn]([CH3])([CH3])[CH3]. The van der Waals surface area contributed by atoms with E-state index in [0.29, 0.717) is 12.5 Å². The topological polar surface area (TPSA) is 39.9 Å². The minimum absolute atomic E-state index is 0.198. The van der Waals surface area contributed by atoms with E-state index in [1.54, 1.807) is 0 Å². The molecule has 192 valence electrons. The summed E-state index contributed by atoms with van der Waals surface area (Å²) in [6, 6.07) is 10.6. The van der Waals surface area contributed by atoms with E-state index in [1.807, 2.05) is 0 Å². The molecule has 0 fully saturated rings. The van der Waals surface area contributed by atoms with E-state index in [0.717, 1.165) is 12.2 Å². The van der Waals surface area contributed by atoms with Crippen molar-refractivity contribution in [1.82, 2.24) is 15.0 Å². The molecule has 4 nitrogen and oxygen atoms in total. The average molecular weight is 576 g/mol. The zero-order valence-electron chi connectivity index (χ0n) is 23.6. The summed E-state index contributed by atoms with van der Waals surface area (Å²) in [6.45, 7) is 15.3. The van der Waals surface area contributed by atoms with Crippen molar-refractivity contribution in [1.29, 1.82) is 0 Å². The first-order valence-corrected chi connectivity index (χ1v) is 23.5. The van der Waals surface area contributed by atoms with Crippen LogP contribution in [0.25, 0.3) is 0 Å². The summed E-state index contributed by atoms with van der Waals surface area (Å²) in [5.41, 5.74) is 2.31. The second kappa shape index (κ2) is 12.9. The molecule has 0 spiro atoms. The predicted molar refractivity (Wildman–Crippen MR) is 148 cm³/mol. The molecule has 5 heteroatoms. The maximum absolute atomic E-state index is 6.72. The second-order valence-corrected chi connectivity index (χ2v) is 26.8. The average Bonchev–Trinajstić information content (AvgIpc) is 3.14. The van der Waals surface area contributed by atoms with Crippen molar-refractivity contribution < 1.29 is 4.74 Å². The number of nitrogens with zero attached hydrogens (tertiary/aromatic N) is 3. The fourth-order valence-electron chi connectivity index (χ4n) is 5.44. The molecule has 2 aromatic rings. The van der Waals surface area contributed by atoms with Crippen molar-refractivity contribution in [3.05, 3.63) is 41.6 Å². The summed E-state index contributed by atoms with van der Waals surface area (Å²) in [6.07, 6.45) is 9.24. The Labute approximate surface area is 214 Å². The van der Waals surface area contributed by atoms with Crippen LogP contribution in [-0.4, -0.2) is 39.0 Å². The summed E-state index contributed by atoms with van der Waals surface area (Å²) >= 11 is -2.48. The summed E-state index contributed by atoms with van der Waals surface area (Å²) in [5, 5.41) is 9.24. The van der Waals surface area contributed by atoms with Crippen LogP contribution in [0.2, 0.25) is 14.8 Å². The van der Waals surface area contributed by atoms with Gasteiger partial charge in [0.05, 0.1) is 0 Å². The number of rotatable bonds is 14. The van der Waals surface area contributed by atoms with E-state index in [-0.39, 0.29) is 11.0 Å². The summed E-state index contributed by atoms with van der Waals surface area (Å²) in [4.78, 5) is 7.33. The Morgan fingerprint density at radius 2 is 1.53 bits per heavy atom. The quantitative estimate of drug-likeness (QED) is 0.172. The Kier molecular flexibility index (Phi) is 11.1. The molecule has 1 heterocycles. The molecule has 0 amide bonds. The van der Waals surface area contributed by atoms with E-state index in [4.69, 9.17) is 4.74 Å². The molecule has 0 saturated heterocycles. The van der Waals surface area contributed by atoms with Gasteiger partial charge in [-0.15, -0.1) is 0 Å². The van der Waals surface area contributed by atoms with Gasteiger partial charge in [-0.3, -0.25) is 0 Å². The Hall–Kier alpha value is -0.881. The zero-order chi connectivity index (χ0) is 25.4. The number of aromatic nitrogens is 3. The van der Waals surface area contributed by atoms with Gasteiger partial charge in [-0.25, -0.2) is 0 Å². The van der Waals surface area contributed by atoms with Gasteiger partial charge >= 0.3 is 201 Å². The fraction of sp³-hybridized carbons (Fsp3) is 0.724. The Bertz CT molecular complexity index is 846. The number of unbranched alkanes of at least 4 members (excludes halogenated alkanes) is 5. The van der Waals surface area contributed by atoms with Crippen molar-refractivity contribution in [2.45, 2.75) is 120 Å². The standard InChI is InChI=1S/C26H42N3O.3CH3.Sn/c1-7-8-9-10-11-15-18-24(25(2,3)4)26(5,6)30-21-23-20-29(28-27-23)19-22-16-13-12-14-17-22;;;;/h12-14,16-17,24H,7-11,15,18-19,21H2,1-6H3;3*1H3;. The van der Waals surface area contributed by atoms with E-state index in [1.165, 1.54) is 54.2 Å². The summed E-state index contributed by atoms with van der Waals surface area (Å²) in [5.74, 6) is 0.493. The van der Waals surface area contributed by atoms with Crippen LogP contribution in [0.5, 0.6) is 0 Å². The van der Waals surface area contributed by atoms with E-state index in [9.17, 15) is 0 Å². The molecule has 1 atom stereocenters. The second-order valence-electron chi connectivity index (χ2n) is 12.6. The Morgan fingerprint density at radius 3 is 2.12 bits per heavy atom. The van der Waals surface area contributed by atoms with Crippen LogP contribution < -0.4 is 3.71 Å². The molecule has 34 heavy (non-hydrogen) atoms. The van der Waals surface area contributed by atoms with Gasteiger partial charge in [0, 0.05) is 0 Å². The molecule has 1 unspecified atom stereocenters. The molecule has 0 aliphatic heterocycles. The molecule has 0 aliphatic carbocycles. The van der Waals surface area contributed by atoms with Crippen LogP contribution in [0.3, 0.4) is 0 Å². The minimum atomic E-state index is -2.48. The van der Waals surface area contributed by atoms with Gasteiger partial charge in [0.2, 0.25) is 0 Å². The van der Waals surface area contributed by atoms with Crippen molar-refractivity contribution in [2.75, 3.05) is 0 Å². The van der Waals surface area contributed by atoms with Gasteiger partial charge in [-0.05, 0) is 0 Å². The molecule has 0 aliphatic rings. The van der Waals surface area contributed by atoms with Crippen molar-refractivity contribution in [3.63, 3.8) is 0 Å². The van der Waals surface area contributed by atoms with Gasteiger partial charge in [-0.1, -0.05) is 13.3 Å². The predicted octanol–water partition coefficient (Wildman–Crippen LogP) is 7.58. The van der Waals surface area contributed by atoms with E-state index in [2.05, 4.69) is 102 Å². The van der Waals surface area contributed by atoms with Crippen LogP contribution in [0, 0.1) is 11.3 Å². The third-order valence-electron chi connectivity index (χ3n) is 7.00. The number of benzene rings is 1. The van der Waals surface area contributed by atoms with Gasteiger partial charge in [0.1, 0.15) is 0 Å². The number of ether oxygens (including phenoxy) is 1. The summed E-state index contributed by atoms with van der Waals surface area (Å²) in [7, 11) is 0. The van der Waals surface area contributed by atoms with Crippen LogP contribution >= 0.6 is 0 Å². The number of hydrogen-bond donors (Lipinski definition) is 0. The van der Waals surface area contributed by atoms with Gasteiger partial charge in [0.15, 0.2) is 0 Å². The third-order valence-corrected chi connectivity index (χ3v) is 12.6. The first-order valence-electron chi connectivity index (χ1n) is 13.5. The van der Waals surface area contributed by atoms with Gasteiger partial charge in [0.25, 0.3) is 0 Å². The van der Waals surface area contributed by atoms with Crippen molar-refractivity contribution in [2.24, 2.45) is 11.3 Å². The first kappa shape index (κ1) is 29.3. The van der Waals surface area contributed by atoms with Crippen LogP contribution in [0.1, 0.15) is 97.7 Å². The molecular weight excluding hydrogens is 525 g/mol. The monoisotopic (exact) mass is 577 g/mol. The first-order chi connectivity index (χ1) is 15.9. The van der Waals surface area contributed by atoms with E-state index < -0.39 is 18.4 Å². The molecule has 0 N–H and O–H groups in total. The molecule has 0 radical (unpaired) electrons. The maximum atomic E-state index is 6.72. The van der Waals surface area contributed by atoms with Crippen molar-refractivity contribution in [3.8, 4) is 0 Å². The molecule has 0 bridgehead atoms. The molecule has 2 rings (SSSR count). The normalized spacial score (nSPS) is 13.9. The molecule has 1 aromatic carbocycles. The summed E-state index contributed by atoms with van der Waals surface area (Å²) < 4.78 is 10.2. The van der Waals surface area contributed by atoms with Gasteiger partial charge in [-0.2, -0.15) is 0 Å². The number of hydrogen-bond acceptors (Lipinski definition) is 3. The van der Waals surface area contributed by atoms with Gasteiger partial charge < -0.3 is 0 Å². The molecular formula is C29H51N3OSn. The molecule has 0 saturated carbocycles.